The summed E-state index contributed by atoms with van der Waals surface area (Å²) in [4.78, 5) is 5.39. The summed E-state index contributed by atoms with van der Waals surface area (Å²) >= 11 is 0. The van der Waals surface area contributed by atoms with Gasteiger partial charge in [-0.05, 0) is 81.1 Å². The predicted molar refractivity (Wildman–Crippen MR) is 117 cm³/mol. The fourth-order valence-electron chi connectivity index (χ4n) is 5.63. The Balaban J connectivity index is 1.22. The molecule has 3 fully saturated rings. The highest BCUT2D eigenvalue weighted by Gasteiger charge is 2.25. The minimum Gasteiger partial charge on any atom is -0.371 e. The van der Waals surface area contributed by atoms with Crippen molar-refractivity contribution in [1.29, 1.82) is 0 Å². The van der Waals surface area contributed by atoms with Crippen molar-refractivity contribution in [3.05, 3.63) is 29.8 Å². The number of nitrogens with zero attached hydrogens (tertiary/aromatic N) is 2. The van der Waals surface area contributed by atoms with Crippen LogP contribution < -0.4 is 4.90 Å². The molecular formula is C25H40N2. The molecule has 1 aliphatic carbocycles. The second kappa shape index (κ2) is 9.45. The van der Waals surface area contributed by atoms with E-state index in [1.54, 1.807) is 5.56 Å². The molecule has 0 radical (unpaired) electrons. The summed E-state index contributed by atoms with van der Waals surface area (Å²) in [5, 5.41) is 0. The first-order valence-electron chi connectivity index (χ1n) is 11.9. The van der Waals surface area contributed by atoms with Gasteiger partial charge in [-0.15, -0.1) is 0 Å². The molecule has 2 aliphatic heterocycles. The highest BCUT2D eigenvalue weighted by Crippen LogP contribution is 2.31. The molecule has 0 amide bonds. The van der Waals surface area contributed by atoms with Gasteiger partial charge in [-0.2, -0.15) is 0 Å². The van der Waals surface area contributed by atoms with Crippen molar-refractivity contribution in [2.24, 2.45) is 11.8 Å². The van der Waals surface area contributed by atoms with Crippen molar-refractivity contribution in [2.45, 2.75) is 83.6 Å². The van der Waals surface area contributed by atoms with Gasteiger partial charge >= 0.3 is 0 Å². The van der Waals surface area contributed by atoms with E-state index in [1.165, 1.54) is 102 Å². The molecule has 0 bridgehead atoms. The molecule has 0 unspecified atom stereocenters. The third kappa shape index (κ3) is 5.28. The fraction of sp³-hybridized carbons (Fsp3) is 0.760. The number of aryl methyl sites for hydroxylation is 1. The Labute approximate surface area is 167 Å². The van der Waals surface area contributed by atoms with E-state index in [0.717, 1.165) is 17.9 Å². The van der Waals surface area contributed by atoms with Crippen LogP contribution in [0.3, 0.4) is 0 Å². The molecule has 0 aromatic heterocycles. The molecule has 0 spiro atoms. The summed E-state index contributed by atoms with van der Waals surface area (Å²) in [7, 11) is 0. The summed E-state index contributed by atoms with van der Waals surface area (Å²) in [5.41, 5.74) is 2.99. The van der Waals surface area contributed by atoms with Gasteiger partial charge in [0.2, 0.25) is 0 Å². The lowest BCUT2D eigenvalue weighted by Gasteiger charge is -2.41. The molecule has 3 aliphatic rings. The van der Waals surface area contributed by atoms with Crippen LogP contribution in [0.2, 0.25) is 0 Å². The van der Waals surface area contributed by atoms with Gasteiger partial charge in [-0.3, -0.25) is 0 Å². The van der Waals surface area contributed by atoms with Crippen LogP contribution in [-0.4, -0.2) is 37.1 Å². The van der Waals surface area contributed by atoms with Crippen LogP contribution in [0.15, 0.2) is 24.3 Å². The largest absolute Gasteiger partial charge is 0.371 e. The SMILES string of the molecule is CC1CCC(CCc2ccc(N3CCC(N4CCCCC4)CC3)cc2)CC1. The fourth-order valence-corrected chi connectivity index (χ4v) is 5.63. The Morgan fingerprint density at radius 3 is 2.11 bits per heavy atom. The number of anilines is 1. The Hall–Kier alpha value is -1.02. The molecule has 27 heavy (non-hydrogen) atoms. The Bertz CT molecular complexity index is 544. The maximum Gasteiger partial charge on any atom is 0.0366 e. The van der Waals surface area contributed by atoms with Gasteiger partial charge < -0.3 is 9.80 Å². The number of rotatable bonds is 5. The standard InChI is InChI=1S/C25H40N2/c1-21-5-7-22(8-6-21)9-10-23-11-13-24(14-12-23)27-19-15-25(16-20-27)26-17-3-2-4-18-26/h11-14,21-22,25H,2-10,15-20H2,1H3. The predicted octanol–water partition coefficient (Wildman–Crippen LogP) is 5.90. The third-order valence-corrected chi connectivity index (χ3v) is 7.65. The van der Waals surface area contributed by atoms with Crippen LogP contribution in [0.5, 0.6) is 0 Å². The highest BCUT2D eigenvalue weighted by atomic mass is 15.2. The molecule has 2 saturated heterocycles. The summed E-state index contributed by atoms with van der Waals surface area (Å²) in [6.07, 6.45) is 15.5. The molecule has 1 saturated carbocycles. The second-order valence-corrected chi connectivity index (χ2v) is 9.65. The number of benzene rings is 1. The van der Waals surface area contributed by atoms with Crippen molar-refractivity contribution in [1.82, 2.24) is 4.90 Å². The number of piperidine rings is 2. The lowest BCUT2D eigenvalue weighted by Crippen LogP contribution is -2.46. The number of hydrogen-bond donors (Lipinski definition) is 0. The van der Waals surface area contributed by atoms with Gasteiger partial charge in [-0.1, -0.05) is 51.2 Å². The lowest BCUT2D eigenvalue weighted by atomic mass is 9.80. The van der Waals surface area contributed by atoms with Gasteiger partial charge in [0.15, 0.2) is 0 Å². The molecule has 4 rings (SSSR count). The van der Waals surface area contributed by atoms with Crippen LogP contribution >= 0.6 is 0 Å². The van der Waals surface area contributed by atoms with Crippen LogP contribution in [0.25, 0.3) is 0 Å². The first-order valence-corrected chi connectivity index (χ1v) is 11.9. The normalized spacial score (nSPS) is 28.4. The summed E-state index contributed by atoms with van der Waals surface area (Å²) in [6.45, 7) is 7.59. The monoisotopic (exact) mass is 368 g/mol. The summed E-state index contributed by atoms with van der Waals surface area (Å²) < 4.78 is 0. The van der Waals surface area contributed by atoms with Gasteiger partial charge in [0.1, 0.15) is 0 Å². The Morgan fingerprint density at radius 2 is 1.44 bits per heavy atom. The molecule has 0 atom stereocenters. The Morgan fingerprint density at radius 1 is 0.778 bits per heavy atom. The van der Waals surface area contributed by atoms with Crippen molar-refractivity contribution in [2.75, 3.05) is 31.1 Å². The zero-order valence-corrected chi connectivity index (χ0v) is 17.5. The first-order chi connectivity index (χ1) is 13.3. The Kier molecular flexibility index (Phi) is 6.76. The molecule has 1 aromatic rings. The number of hydrogen-bond acceptors (Lipinski definition) is 2. The second-order valence-electron chi connectivity index (χ2n) is 9.65. The first kappa shape index (κ1) is 19.3. The lowest BCUT2D eigenvalue weighted by molar-refractivity contribution is 0.141. The average molecular weight is 369 g/mol. The van der Waals surface area contributed by atoms with Crippen molar-refractivity contribution in [3.8, 4) is 0 Å². The molecule has 0 N–H and O–H groups in total. The van der Waals surface area contributed by atoms with Crippen molar-refractivity contribution >= 4 is 5.69 Å². The molecule has 2 nitrogen and oxygen atoms in total. The van der Waals surface area contributed by atoms with E-state index < -0.39 is 0 Å². The summed E-state index contributed by atoms with van der Waals surface area (Å²) in [5.74, 6) is 1.95. The smallest absolute Gasteiger partial charge is 0.0366 e. The minimum absolute atomic E-state index is 0.846. The molecule has 2 heteroatoms. The zero-order valence-electron chi connectivity index (χ0n) is 17.5. The zero-order chi connectivity index (χ0) is 18.5. The minimum atomic E-state index is 0.846. The molecular weight excluding hydrogens is 328 g/mol. The maximum atomic E-state index is 2.77. The van der Waals surface area contributed by atoms with Crippen molar-refractivity contribution in [3.63, 3.8) is 0 Å². The van der Waals surface area contributed by atoms with Crippen molar-refractivity contribution < 1.29 is 0 Å². The highest BCUT2D eigenvalue weighted by molar-refractivity contribution is 5.48. The van der Waals surface area contributed by atoms with Gasteiger partial charge in [-0.25, -0.2) is 0 Å². The average Bonchev–Trinajstić information content (AvgIpc) is 2.75. The summed E-state index contributed by atoms with van der Waals surface area (Å²) in [6, 6.07) is 10.4. The van der Waals surface area contributed by atoms with E-state index in [9.17, 15) is 0 Å². The third-order valence-electron chi connectivity index (χ3n) is 7.65. The van der Waals surface area contributed by atoms with E-state index in [1.807, 2.05) is 0 Å². The van der Waals surface area contributed by atoms with Crippen LogP contribution in [0, 0.1) is 11.8 Å². The van der Waals surface area contributed by atoms with Gasteiger partial charge in [0.25, 0.3) is 0 Å². The quantitative estimate of drug-likeness (QED) is 0.638. The van der Waals surface area contributed by atoms with Gasteiger partial charge in [0.05, 0.1) is 0 Å². The van der Waals surface area contributed by atoms with E-state index in [4.69, 9.17) is 0 Å². The van der Waals surface area contributed by atoms with E-state index in [2.05, 4.69) is 41.0 Å². The van der Waals surface area contributed by atoms with E-state index in [-0.39, 0.29) is 0 Å². The molecule has 2 heterocycles. The van der Waals surface area contributed by atoms with Crippen LogP contribution in [0.4, 0.5) is 5.69 Å². The van der Waals surface area contributed by atoms with E-state index in [0.29, 0.717) is 0 Å². The number of likely N-dealkylation sites (tertiary alicyclic amines) is 1. The van der Waals surface area contributed by atoms with E-state index >= 15 is 0 Å². The molecule has 150 valence electrons. The van der Waals surface area contributed by atoms with Crippen LogP contribution in [0.1, 0.15) is 76.7 Å². The van der Waals surface area contributed by atoms with Gasteiger partial charge in [0, 0.05) is 24.8 Å². The maximum absolute atomic E-state index is 2.77. The molecule has 1 aromatic carbocycles. The van der Waals surface area contributed by atoms with Crippen LogP contribution in [-0.2, 0) is 6.42 Å². The topological polar surface area (TPSA) is 6.48 Å².